The summed E-state index contributed by atoms with van der Waals surface area (Å²) in [6.07, 6.45) is 3.26. The molecule has 4 heteroatoms. The van der Waals surface area contributed by atoms with Crippen molar-refractivity contribution in [2.45, 2.75) is 38.8 Å². The van der Waals surface area contributed by atoms with Gasteiger partial charge in [-0.2, -0.15) is 0 Å². The molecule has 0 aliphatic carbocycles. The highest BCUT2D eigenvalue weighted by molar-refractivity contribution is 5.81. The van der Waals surface area contributed by atoms with Crippen LogP contribution in [-0.2, 0) is 11.3 Å². The number of piperidine rings is 1. The second-order valence-electron chi connectivity index (χ2n) is 5.27. The van der Waals surface area contributed by atoms with Gasteiger partial charge in [0.2, 0.25) is 5.91 Å². The van der Waals surface area contributed by atoms with Gasteiger partial charge in [0, 0.05) is 13.6 Å². The quantitative estimate of drug-likeness (QED) is 0.896. The highest BCUT2D eigenvalue weighted by Gasteiger charge is 2.23. The molecule has 1 saturated heterocycles. The molecule has 2 rings (SSSR count). The Morgan fingerprint density at radius 2 is 2.10 bits per heavy atom. The molecule has 1 N–H and O–H groups in total. The molecule has 1 aliphatic heterocycles. The molecular weight excluding hydrogens is 252 g/mol. The zero-order valence-electron chi connectivity index (χ0n) is 12.4. The largest absolute Gasteiger partial charge is 0.494 e. The molecule has 1 aromatic carbocycles. The van der Waals surface area contributed by atoms with E-state index >= 15 is 0 Å². The maximum Gasteiger partial charge on any atom is 0.239 e. The number of nitrogens with one attached hydrogen (secondary N) is 1. The van der Waals surface area contributed by atoms with E-state index in [1.807, 2.05) is 38.2 Å². The van der Waals surface area contributed by atoms with Crippen molar-refractivity contribution in [2.24, 2.45) is 0 Å². The van der Waals surface area contributed by atoms with Gasteiger partial charge in [-0.25, -0.2) is 0 Å². The van der Waals surface area contributed by atoms with Crippen molar-refractivity contribution >= 4 is 5.91 Å². The van der Waals surface area contributed by atoms with Gasteiger partial charge in [0.25, 0.3) is 0 Å². The molecule has 0 aromatic heterocycles. The third kappa shape index (κ3) is 3.97. The lowest BCUT2D eigenvalue weighted by Crippen LogP contribution is -2.46. The fourth-order valence-electron chi connectivity index (χ4n) is 2.54. The lowest BCUT2D eigenvalue weighted by Gasteiger charge is -2.27. The minimum Gasteiger partial charge on any atom is -0.494 e. The Morgan fingerprint density at radius 1 is 1.35 bits per heavy atom. The Kier molecular flexibility index (Phi) is 5.41. The summed E-state index contributed by atoms with van der Waals surface area (Å²) in [6.45, 7) is 4.24. The Bertz CT molecular complexity index is 425. The first kappa shape index (κ1) is 14.9. The normalized spacial score (nSPS) is 18.6. The molecular formula is C16H24N2O2. The van der Waals surface area contributed by atoms with E-state index in [-0.39, 0.29) is 11.9 Å². The third-order valence-corrected chi connectivity index (χ3v) is 3.64. The van der Waals surface area contributed by atoms with Crippen LogP contribution in [0, 0.1) is 0 Å². The maximum absolute atomic E-state index is 12.3. The molecule has 20 heavy (non-hydrogen) atoms. The van der Waals surface area contributed by atoms with Crippen LogP contribution in [0.15, 0.2) is 24.3 Å². The van der Waals surface area contributed by atoms with E-state index in [0.29, 0.717) is 13.2 Å². The van der Waals surface area contributed by atoms with Crippen LogP contribution in [0.4, 0.5) is 0 Å². The van der Waals surface area contributed by atoms with E-state index in [9.17, 15) is 4.79 Å². The number of rotatable bonds is 5. The smallest absolute Gasteiger partial charge is 0.239 e. The Balaban J connectivity index is 1.89. The first-order valence-electron chi connectivity index (χ1n) is 7.41. The Labute approximate surface area is 121 Å². The van der Waals surface area contributed by atoms with Crippen molar-refractivity contribution in [3.8, 4) is 5.75 Å². The molecule has 1 unspecified atom stereocenters. The fraction of sp³-hybridized carbons (Fsp3) is 0.562. The molecule has 4 nitrogen and oxygen atoms in total. The third-order valence-electron chi connectivity index (χ3n) is 3.64. The van der Waals surface area contributed by atoms with Crippen LogP contribution in [-0.4, -0.2) is 37.0 Å². The summed E-state index contributed by atoms with van der Waals surface area (Å²) in [5.74, 6) is 1.07. The molecule has 1 aromatic rings. The molecule has 0 spiro atoms. The van der Waals surface area contributed by atoms with Gasteiger partial charge in [-0.1, -0.05) is 18.6 Å². The second-order valence-corrected chi connectivity index (χ2v) is 5.27. The first-order chi connectivity index (χ1) is 9.70. The van der Waals surface area contributed by atoms with Gasteiger partial charge in [0.1, 0.15) is 5.75 Å². The Morgan fingerprint density at radius 3 is 2.70 bits per heavy atom. The van der Waals surface area contributed by atoms with Crippen molar-refractivity contribution in [1.82, 2.24) is 10.2 Å². The van der Waals surface area contributed by atoms with Crippen LogP contribution in [0.1, 0.15) is 31.7 Å². The Hall–Kier alpha value is -1.55. The van der Waals surface area contributed by atoms with Crippen LogP contribution in [0.2, 0.25) is 0 Å². The van der Waals surface area contributed by atoms with E-state index in [1.54, 1.807) is 4.90 Å². The maximum atomic E-state index is 12.3. The lowest BCUT2D eigenvalue weighted by atomic mass is 10.0. The molecule has 1 amide bonds. The minimum absolute atomic E-state index is 0.00329. The summed E-state index contributed by atoms with van der Waals surface area (Å²) in [5, 5.41) is 3.30. The molecule has 1 atom stereocenters. The SMILES string of the molecule is CCOc1ccc(CN(C)C(=O)C2CCCCN2)cc1. The number of nitrogens with zero attached hydrogens (tertiary/aromatic N) is 1. The monoisotopic (exact) mass is 276 g/mol. The predicted octanol–water partition coefficient (Wildman–Crippen LogP) is 2.19. The molecule has 1 heterocycles. The van der Waals surface area contributed by atoms with Crippen LogP contribution in [0.3, 0.4) is 0 Å². The van der Waals surface area contributed by atoms with Crippen molar-refractivity contribution < 1.29 is 9.53 Å². The van der Waals surface area contributed by atoms with Crippen molar-refractivity contribution in [2.75, 3.05) is 20.2 Å². The lowest BCUT2D eigenvalue weighted by molar-refractivity contribution is -0.133. The standard InChI is InChI=1S/C16H24N2O2/c1-3-20-14-9-7-13(8-10-14)12-18(2)16(19)15-6-4-5-11-17-15/h7-10,15,17H,3-6,11-12H2,1-2H3. The van der Waals surface area contributed by atoms with E-state index in [0.717, 1.165) is 30.7 Å². The van der Waals surface area contributed by atoms with Crippen LogP contribution in [0.5, 0.6) is 5.75 Å². The zero-order chi connectivity index (χ0) is 14.4. The number of carbonyl (C=O) groups excluding carboxylic acids is 1. The van der Waals surface area contributed by atoms with Crippen molar-refractivity contribution in [3.05, 3.63) is 29.8 Å². The molecule has 0 saturated carbocycles. The summed E-state index contributed by atoms with van der Waals surface area (Å²) in [4.78, 5) is 14.1. The molecule has 0 radical (unpaired) electrons. The summed E-state index contributed by atoms with van der Waals surface area (Å²) in [7, 11) is 1.87. The van der Waals surface area contributed by atoms with Crippen molar-refractivity contribution in [1.29, 1.82) is 0 Å². The van der Waals surface area contributed by atoms with Crippen LogP contribution >= 0.6 is 0 Å². The first-order valence-corrected chi connectivity index (χ1v) is 7.41. The summed E-state index contributed by atoms with van der Waals surface area (Å²) in [5.41, 5.74) is 1.13. The number of amides is 1. The van der Waals surface area contributed by atoms with Gasteiger partial charge in [0.05, 0.1) is 12.6 Å². The number of ether oxygens (including phenoxy) is 1. The highest BCUT2D eigenvalue weighted by atomic mass is 16.5. The van der Waals surface area contributed by atoms with Gasteiger partial charge >= 0.3 is 0 Å². The van der Waals surface area contributed by atoms with Crippen molar-refractivity contribution in [3.63, 3.8) is 0 Å². The molecule has 1 aliphatic rings. The van der Waals surface area contributed by atoms with Gasteiger partial charge in [-0.3, -0.25) is 4.79 Å². The highest BCUT2D eigenvalue weighted by Crippen LogP contribution is 2.15. The predicted molar refractivity (Wildman–Crippen MR) is 79.7 cm³/mol. The average molecular weight is 276 g/mol. The van der Waals surface area contributed by atoms with E-state index in [1.165, 1.54) is 6.42 Å². The minimum atomic E-state index is -0.00329. The van der Waals surface area contributed by atoms with Crippen LogP contribution in [0.25, 0.3) is 0 Å². The number of hydrogen-bond donors (Lipinski definition) is 1. The van der Waals surface area contributed by atoms with E-state index in [4.69, 9.17) is 4.74 Å². The second kappa shape index (κ2) is 7.29. The average Bonchev–Trinajstić information content (AvgIpc) is 2.49. The van der Waals surface area contributed by atoms with E-state index < -0.39 is 0 Å². The molecule has 110 valence electrons. The van der Waals surface area contributed by atoms with Gasteiger partial charge in [0.15, 0.2) is 0 Å². The summed E-state index contributed by atoms with van der Waals surface area (Å²) >= 11 is 0. The zero-order valence-corrected chi connectivity index (χ0v) is 12.4. The molecule has 1 fully saturated rings. The number of carbonyl (C=O) groups is 1. The summed E-state index contributed by atoms with van der Waals surface area (Å²) < 4.78 is 5.42. The van der Waals surface area contributed by atoms with Gasteiger partial charge < -0.3 is 15.0 Å². The van der Waals surface area contributed by atoms with E-state index in [2.05, 4.69) is 5.32 Å². The molecule has 0 bridgehead atoms. The number of likely N-dealkylation sites (N-methyl/N-ethyl adjacent to an activating group) is 1. The number of hydrogen-bond acceptors (Lipinski definition) is 3. The number of benzene rings is 1. The fourth-order valence-corrected chi connectivity index (χ4v) is 2.54. The topological polar surface area (TPSA) is 41.6 Å². The van der Waals surface area contributed by atoms with Gasteiger partial charge in [-0.15, -0.1) is 0 Å². The van der Waals surface area contributed by atoms with Gasteiger partial charge in [-0.05, 0) is 44.0 Å². The summed E-state index contributed by atoms with van der Waals surface area (Å²) in [6, 6.07) is 7.94. The van der Waals surface area contributed by atoms with Crippen LogP contribution < -0.4 is 10.1 Å².